The summed E-state index contributed by atoms with van der Waals surface area (Å²) in [7, 11) is 0. The van der Waals surface area contributed by atoms with Crippen LogP contribution in [0.15, 0.2) is 22.7 Å². The average molecular weight is 284 g/mol. The van der Waals surface area contributed by atoms with Gasteiger partial charge in [-0.15, -0.1) is 0 Å². The average Bonchev–Trinajstić information content (AvgIpc) is 2.18. The minimum Gasteiger partial charge on any atom is -0.398 e. The summed E-state index contributed by atoms with van der Waals surface area (Å²) in [6, 6.07) is 5.51. The van der Waals surface area contributed by atoms with E-state index in [9.17, 15) is 4.79 Å². The Labute approximate surface area is 103 Å². The molecule has 0 heterocycles. The molecule has 0 spiro atoms. The Morgan fingerprint density at radius 1 is 1.44 bits per heavy atom. The van der Waals surface area contributed by atoms with Crippen molar-refractivity contribution in [2.75, 3.05) is 11.1 Å². The van der Waals surface area contributed by atoms with Crippen LogP contribution in [0.4, 0.5) is 16.2 Å². The number of halogens is 1. The molecule has 1 aliphatic rings. The molecule has 1 aliphatic carbocycles. The predicted octanol–water partition coefficient (Wildman–Crippen LogP) is 2.71. The van der Waals surface area contributed by atoms with Gasteiger partial charge in [0.1, 0.15) is 0 Å². The summed E-state index contributed by atoms with van der Waals surface area (Å²) in [5, 5.41) is 5.68. The maximum absolute atomic E-state index is 11.5. The largest absolute Gasteiger partial charge is 0.398 e. The van der Waals surface area contributed by atoms with E-state index in [1.807, 2.05) is 0 Å². The molecule has 1 aromatic rings. The second-order valence-electron chi connectivity index (χ2n) is 3.96. The number of anilines is 2. The Bertz CT molecular complexity index is 404. The lowest BCUT2D eigenvalue weighted by molar-refractivity contribution is 0.240. The third-order valence-corrected chi connectivity index (χ3v) is 3.39. The number of hydrogen-bond donors (Lipinski definition) is 3. The predicted molar refractivity (Wildman–Crippen MR) is 68.3 cm³/mol. The summed E-state index contributed by atoms with van der Waals surface area (Å²) >= 11 is 3.31. The molecule has 1 fully saturated rings. The fourth-order valence-corrected chi connectivity index (χ4v) is 1.89. The Morgan fingerprint density at radius 3 is 2.75 bits per heavy atom. The molecule has 2 amide bonds. The molecule has 0 saturated heterocycles. The summed E-state index contributed by atoms with van der Waals surface area (Å²) in [5.41, 5.74) is 7.05. The van der Waals surface area contributed by atoms with Crippen molar-refractivity contribution in [1.29, 1.82) is 0 Å². The van der Waals surface area contributed by atoms with Crippen molar-refractivity contribution >= 4 is 33.3 Å². The molecule has 86 valence electrons. The Hall–Kier alpha value is -1.23. The van der Waals surface area contributed by atoms with Crippen LogP contribution in [-0.2, 0) is 0 Å². The second kappa shape index (κ2) is 4.74. The quantitative estimate of drug-likeness (QED) is 0.731. The summed E-state index contributed by atoms with van der Waals surface area (Å²) in [6.45, 7) is 0. The minimum atomic E-state index is -0.152. The van der Waals surface area contributed by atoms with Crippen molar-refractivity contribution in [1.82, 2.24) is 5.32 Å². The molecular formula is C11H14BrN3O. The van der Waals surface area contributed by atoms with Gasteiger partial charge in [-0.05, 0) is 53.4 Å². The van der Waals surface area contributed by atoms with Crippen LogP contribution in [0.5, 0.6) is 0 Å². The molecule has 1 saturated carbocycles. The highest BCUT2D eigenvalue weighted by atomic mass is 79.9. The monoisotopic (exact) mass is 283 g/mol. The van der Waals surface area contributed by atoms with Gasteiger partial charge in [0, 0.05) is 21.9 Å². The van der Waals surface area contributed by atoms with Crippen molar-refractivity contribution < 1.29 is 4.79 Å². The molecule has 1 aromatic carbocycles. The number of nitrogens with one attached hydrogen (secondary N) is 2. The number of rotatable bonds is 2. The van der Waals surface area contributed by atoms with Crippen LogP contribution in [0, 0.1) is 0 Å². The summed E-state index contributed by atoms with van der Waals surface area (Å²) in [5.74, 6) is 0. The van der Waals surface area contributed by atoms with Gasteiger partial charge in [-0.1, -0.05) is 0 Å². The third kappa shape index (κ3) is 2.66. The number of carbonyl (C=O) groups is 1. The van der Waals surface area contributed by atoms with Gasteiger partial charge in [-0.25, -0.2) is 4.79 Å². The van der Waals surface area contributed by atoms with E-state index in [1.54, 1.807) is 18.2 Å². The number of benzene rings is 1. The Balaban J connectivity index is 1.92. The zero-order chi connectivity index (χ0) is 11.5. The standard InChI is InChI=1S/C11H14BrN3O/c12-9-6-8(4-5-10(9)13)15-11(16)14-7-2-1-3-7/h4-7H,1-3,13H2,(H2,14,15,16). The van der Waals surface area contributed by atoms with Gasteiger partial charge >= 0.3 is 6.03 Å². The number of hydrogen-bond acceptors (Lipinski definition) is 2. The Kier molecular flexibility index (Phi) is 3.33. The first-order valence-corrected chi connectivity index (χ1v) is 6.07. The van der Waals surface area contributed by atoms with E-state index in [-0.39, 0.29) is 6.03 Å². The van der Waals surface area contributed by atoms with Crippen LogP contribution in [0.1, 0.15) is 19.3 Å². The summed E-state index contributed by atoms with van der Waals surface area (Å²) in [6.07, 6.45) is 3.37. The van der Waals surface area contributed by atoms with Gasteiger partial charge in [0.15, 0.2) is 0 Å². The van der Waals surface area contributed by atoms with Gasteiger partial charge < -0.3 is 16.4 Å². The van der Waals surface area contributed by atoms with E-state index in [0.29, 0.717) is 11.7 Å². The molecule has 5 heteroatoms. The van der Waals surface area contributed by atoms with Gasteiger partial charge in [0.2, 0.25) is 0 Å². The summed E-state index contributed by atoms with van der Waals surface area (Å²) in [4.78, 5) is 11.5. The van der Waals surface area contributed by atoms with Crippen molar-refractivity contribution in [3.05, 3.63) is 22.7 Å². The van der Waals surface area contributed by atoms with Crippen LogP contribution in [0.25, 0.3) is 0 Å². The van der Waals surface area contributed by atoms with E-state index in [1.165, 1.54) is 6.42 Å². The molecule has 2 rings (SSSR count). The SMILES string of the molecule is Nc1ccc(NC(=O)NC2CCC2)cc1Br. The molecule has 0 unspecified atom stereocenters. The first-order chi connectivity index (χ1) is 7.65. The lowest BCUT2D eigenvalue weighted by atomic mass is 9.93. The zero-order valence-corrected chi connectivity index (χ0v) is 10.4. The molecule has 4 nitrogen and oxygen atoms in total. The van der Waals surface area contributed by atoms with E-state index in [2.05, 4.69) is 26.6 Å². The van der Waals surface area contributed by atoms with Crippen LogP contribution in [0.3, 0.4) is 0 Å². The molecule has 0 bridgehead atoms. The first-order valence-electron chi connectivity index (χ1n) is 5.27. The lowest BCUT2D eigenvalue weighted by Crippen LogP contribution is -2.41. The molecule has 0 aliphatic heterocycles. The van der Waals surface area contributed by atoms with Crippen molar-refractivity contribution in [2.45, 2.75) is 25.3 Å². The van der Waals surface area contributed by atoms with E-state index in [4.69, 9.17) is 5.73 Å². The fraction of sp³-hybridized carbons (Fsp3) is 0.364. The minimum absolute atomic E-state index is 0.152. The summed E-state index contributed by atoms with van der Waals surface area (Å²) < 4.78 is 0.786. The highest BCUT2D eigenvalue weighted by Gasteiger charge is 2.19. The molecular weight excluding hydrogens is 270 g/mol. The van der Waals surface area contributed by atoms with Gasteiger partial charge in [-0.3, -0.25) is 0 Å². The molecule has 4 N–H and O–H groups in total. The smallest absolute Gasteiger partial charge is 0.319 e. The number of carbonyl (C=O) groups excluding carboxylic acids is 1. The topological polar surface area (TPSA) is 67.1 Å². The molecule has 0 aromatic heterocycles. The van der Waals surface area contributed by atoms with Gasteiger partial charge in [0.25, 0.3) is 0 Å². The van der Waals surface area contributed by atoms with Crippen LogP contribution < -0.4 is 16.4 Å². The number of nitrogens with two attached hydrogens (primary N) is 1. The fourth-order valence-electron chi connectivity index (χ4n) is 1.51. The van der Waals surface area contributed by atoms with Crippen molar-refractivity contribution in [2.24, 2.45) is 0 Å². The first kappa shape index (κ1) is 11.3. The van der Waals surface area contributed by atoms with Crippen molar-refractivity contribution in [3.63, 3.8) is 0 Å². The highest BCUT2D eigenvalue weighted by molar-refractivity contribution is 9.10. The van der Waals surface area contributed by atoms with Gasteiger partial charge in [0.05, 0.1) is 0 Å². The van der Waals surface area contributed by atoms with E-state index in [0.717, 1.165) is 23.0 Å². The highest BCUT2D eigenvalue weighted by Crippen LogP contribution is 2.23. The van der Waals surface area contributed by atoms with E-state index >= 15 is 0 Å². The number of urea groups is 1. The molecule has 0 radical (unpaired) electrons. The lowest BCUT2D eigenvalue weighted by Gasteiger charge is -2.26. The third-order valence-electron chi connectivity index (χ3n) is 2.70. The maximum Gasteiger partial charge on any atom is 0.319 e. The van der Waals surface area contributed by atoms with Gasteiger partial charge in [-0.2, -0.15) is 0 Å². The van der Waals surface area contributed by atoms with Crippen LogP contribution >= 0.6 is 15.9 Å². The molecule has 0 atom stereocenters. The molecule has 16 heavy (non-hydrogen) atoms. The zero-order valence-electron chi connectivity index (χ0n) is 8.79. The maximum atomic E-state index is 11.5. The normalized spacial score (nSPS) is 15.3. The number of nitrogen functional groups attached to an aromatic ring is 1. The van der Waals surface area contributed by atoms with E-state index < -0.39 is 0 Å². The van der Waals surface area contributed by atoms with Crippen LogP contribution in [0.2, 0.25) is 0 Å². The van der Waals surface area contributed by atoms with Crippen molar-refractivity contribution in [3.8, 4) is 0 Å². The number of amides is 2. The second-order valence-corrected chi connectivity index (χ2v) is 4.82. The Morgan fingerprint density at radius 2 is 2.19 bits per heavy atom. The van der Waals surface area contributed by atoms with Crippen LogP contribution in [-0.4, -0.2) is 12.1 Å².